The number of hydrogen-bond acceptors (Lipinski definition) is 5. The number of hydrogen-bond donors (Lipinski definition) is 2. The maximum atomic E-state index is 10.8. The van der Waals surface area contributed by atoms with Crippen molar-refractivity contribution in [1.29, 1.82) is 0 Å². The SMILES string of the molecule is Nc1nc(-c2ccccc2)cc2nc(C(=O)O)nn12. The maximum absolute atomic E-state index is 10.8. The van der Waals surface area contributed by atoms with Gasteiger partial charge in [0, 0.05) is 11.6 Å². The molecule has 0 radical (unpaired) electrons. The van der Waals surface area contributed by atoms with Crippen LogP contribution < -0.4 is 5.73 Å². The largest absolute Gasteiger partial charge is 0.475 e. The molecule has 0 fully saturated rings. The molecule has 0 unspecified atom stereocenters. The van der Waals surface area contributed by atoms with Crippen LogP contribution in [0.25, 0.3) is 16.9 Å². The third-order valence-corrected chi connectivity index (χ3v) is 2.61. The quantitative estimate of drug-likeness (QED) is 0.709. The van der Waals surface area contributed by atoms with Crippen molar-refractivity contribution < 1.29 is 9.90 Å². The van der Waals surface area contributed by atoms with Gasteiger partial charge >= 0.3 is 5.97 Å². The summed E-state index contributed by atoms with van der Waals surface area (Å²) in [6.45, 7) is 0. The Morgan fingerprint density at radius 3 is 2.63 bits per heavy atom. The van der Waals surface area contributed by atoms with Gasteiger partial charge in [0.25, 0.3) is 5.82 Å². The molecule has 2 aromatic heterocycles. The van der Waals surface area contributed by atoms with Crippen LogP contribution in [0.4, 0.5) is 5.95 Å². The Bertz CT molecular complexity index is 766. The number of carboxylic acids is 1. The molecule has 0 atom stereocenters. The van der Waals surface area contributed by atoms with Gasteiger partial charge in [0.15, 0.2) is 5.65 Å². The number of nitrogens with two attached hydrogens (primary N) is 1. The molecule has 0 amide bonds. The Labute approximate surface area is 107 Å². The number of nitrogen functional groups attached to an aromatic ring is 1. The van der Waals surface area contributed by atoms with Crippen LogP contribution in [0.5, 0.6) is 0 Å². The molecular weight excluding hydrogens is 246 g/mol. The fraction of sp³-hybridized carbons (Fsp3) is 0. The molecule has 7 nitrogen and oxygen atoms in total. The number of aromatic nitrogens is 4. The first-order valence-corrected chi connectivity index (χ1v) is 5.47. The smallest absolute Gasteiger partial charge is 0.375 e. The number of rotatable bonds is 2. The molecule has 19 heavy (non-hydrogen) atoms. The van der Waals surface area contributed by atoms with Gasteiger partial charge in [0.05, 0.1) is 5.69 Å². The van der Waals surface area contributed by atoms with E-state index in [1.165, 1.54) is 4.52 Å². The summed E-state index contributed by atoms with van der Waals surface area (Å²) in [6, 6.07) is 11.1. The third kappa shape index (κ3) is 1.86. The lowest BCUT2D eigenvalue weighted by atomic mass is 10.1. The van der Waals surface area contributed by atoms with Crippen molar-refractivity contribution in [3.05, 3.63) is 42.2 Å². The van der Waals surface area contributed by atoms with Crippen molar-refractivity contribution in [3.8, 4) is 11.3 Å². The highest BCUT2D eigenvalue weighted by molar-refractivity contribution is 5.84. The minimum absolute atomic E-state index is 0.0938. The van der Waals surface area contributed by atoms with E-state index >= 15 is 0 Å². The molecule has 0 aliphatic rings. The van der Waals surface area contributed by atoms with Gasteiger partial charge in [-0.05, 0) is 0 Å². The Hall–Kier alpha value is -2.96. The monoisotopic (exact) mass is 255 g/mol. The van der Waals surface area contributed by atoms with Crippen molar-refractivity contribution >= 4 is 17.6 Å². The number of anilines is 1. The van der Waals surface area contributed by atoms with Crippen LogP contribution in [0, 0.1) is 0 Å². The van der Waals surface area contributed by atoms with E-state index < -0.39 is 5.97 Å². The van der Waals surface area contributed by atoms with Gasteiger partial charge in [-0.2, -0.15) is 4.52 Å². The molecule has 0 bridgehead atoms. The Morgan fingerprint density at radius 1 is 1.21 bits per heavy atom. The van der Waals surface area contributed by atoms with Gasteiger partial charge in [-0.15, -0.1) is 5.10 Å². The summed E-state index contributed by atoms with van der Waals surface area (Å²) in [7, 11) is 0. The number of nitrogens with zero attached hydrogens (tertiary/aromatic N) is 4. The fourth-order valence-electron chi connectivity index (χ4n) is 1.76. The Kier molecular flexibility index (Phi) is 2.38. The summed E-state index contributed by atoms with van der Waals surface area (Å²) in [5, 5.41) is 12.6. The normalized spacial score (nSPS) is 10.7. The van der Waals surface area contributed by atoms with Crippen molar-refractivity contribution in [1.82, 2.24) is 19.6 Å². The van der Waals surface area contributed by atoms with E-state index in [0.717, 1.165) is 5.56 Å². The fourth-order valence-corrected chi connectivity index (χ4v) is 1.76. The first-order chi connectivity index (χ1) is 9.15. The summed E-state index contributed by atoms with van der Waals surface area (Å²) < 4.78 is 1.20. The lowest BCUT2D eigenvalue weighted by molar-refractivity contribution is 0.0684. The van der Waals surface area contributed by atoms with Crippen molar-refractivity contribution in [2.75, 3.05) is 5.73 Å². The second-order valence-electron chi connectivity index (χ2n) is 3.88. The zero-order valence-corrected chi connectivity index (χ0v) is 9.69. The van der Waals surface area contributed by atoms with Gasteiger partial charge < -0.3 is 10.8 Å². The number of carboxylic acid groups (broad SMARTS) is 1. The maximum Gasteiger partial charge on any atom is 0.375 e. The van der Waals surface area contributed by atoms with E-state index in [-0.39, 0.29) is 11.8 Å². The number of fused-ring (bicyclic) bond motifs is 1. The molecule has 2 heterocycles. The van der Waals surface area contributed by atoms with E-state index in [2.05, 4.69) is 15.1 Å². The van der Waals surface area contributed by atoms with Gasteiger partial charge in [-0.3, -0.25) is 0 Å². The summed E-state index contributed by atoms with van der Waals surface area (Å²) in [5.41, 5.74) is 7.61. The van der Waals surface area contributed by atoms with Crippen molar-refractivity contribution in [2.24, 2.45) is 0 Å². The van der Waals surface area contributed by atoms with Crippen LogP contribution in [0.3, 0.4) is 0 Å². The minimum atomic E-state index is -1.20. The standard InChI is InChI=1S/C12H9N5O2/c13-12-14-8(7-4-2-1-3-5-7)6-9-15-10(11(18)19)16-17(9)12/h1-6H,(H2,13,14)(H,18,19). The summed E-state index contributed by atoms with van der Waals surface area (Å²) in [5.74, 6) is -1.42. The second-order valence-corrected chi connectivity index (χ2v) is 3.88. The summed E-state index contributed by atoms with van der Waals surface area (Å²) >= 11 is 0. The predicted octanol–water partition coefficient (Wildman–Crippen LogP) is 1.07. The lowest BCUT2D eigenvalue weighted by Crippen LogP contribution is -2.04. The topological polar surface area (TPSA) is 106 Å². The highest BCUT2D eigenvalue weighted by Crippen LogP contribution is 2.19. The number of benzene rings is 1. The summed E-state index contributed by atoms with van der Waals surface area (Å²) in [6.07, 6.45) is 0. The molecule has 94 valence electrons. The average Bonchev–Trinajstić information content (AvgIpc) is 2.84. The lowest BCUT2D eigenvalue weighted by Gasteiger charge is -2.02. The van der Waals surface area contributed by atoms with E-state index in [1.807, 2.05) is 30.3 Å². The third-order valence-electron chi connectivity index (χ3n) is 2.61. The predicted molar refractivity (Wildman–Crippen MR) is 67.6 cm³/mol. The summed E-state index contributed by atoms with van der Waals surface area (Å²) in [4.78, 5) is 18.9. The highest BCUT2D eigenvalue weighted by Gasteiger charge is 2.14. The molecule has 7 heteroatoms. The molecule has 0 aliphatic heterocycles. The van der Waals surface area contributed by atoms with E-state index in [0.29, 0.717) is 11.3 Å². The van der Waals surface area contributed by atoms with Gasteiger partial charge in [0.1, 0.15) is 0 Å². The Morgan fingerprint density at radius 2 is 1.95 bits per heavy atom. The van der Waals surface area contributed by atoms with Crippen LogP contribution in [0.1, 0.15) is 10.6 Å². The van der Waals surface area contributed by atoms with E-state index in [4.69, 9.17) is 10.8 Å². The molecule has 3 aromatic rings. The van der Waals surface area contributed by atoms with Crippen molar-refractivity contribution in [2.45, 2.75) is 0 Å². The highest BCUT2D eigenvalue weighted by atomic mass is 16.4. The van der Waals surface area contributed by atoms with Crippen LogP contribution in [0.2, 0.25) is 0 Å². The van der Waals surface area contributed by atoms with Gasteiger partial charge in [-0.25, -0.2) is 14.8 Å². The second kappa shape index (κ2) is 4.05. The van der Waals surface area contributed by atoms with Gasteiger partial charge in [0.2, 0.25) is 5.95 Å². The van der Waals surface area contributed by atoms with Crippen LogP contribution in [0.15, 0.2) is 36.4 Å². The minimum Gasteiger partial charge on any atom is -0.475 e. The Balaban J connectivity index is 2.22. The van der Waals surface area contributed by atoms with E-state index in [9.17, 15) is 4.79 Å². The van der Waals surface area contributed by atoms with Crippen LogP contribution in [-0.4, -0.2) is 30.7 Å². The van der Waals surface area contributed by atoms with Crippen LogP contribution >= 0.6 is 0 Å². The molecule has 0 aliphatic carbocycles. The molecular formula is C12H9N5O2. The number of aromatic carboxylic acids is 1. The average molecular weight is 255 g/mol. The van der Waals surface area contributed by atoms with Crippen molar-refractivity contribution in [3.63, 3.8) is 0 Å². The first-order valence-electron chi connectivity index (χ1n) is 5.47. The molecule has 0 saturated carbocycles. The zero-order valence-electron chi connectivity index (χ0n) is 9.69. The molecule has 0 spiro atoms. The first kappa shape index (κ1) is 11.1. The number of carbonyl (C=O) groups is 1. The van der Waals surface area contributed by atoms with Gasteiger partial charge in [-0.1, -0.05) is 30.3 Å². The zero-order chi connectivity index (χ0) is 13.4. The molecule has 3 N–H and O–H groups in total. The molecule has 1 aromatic carbocycles. The van der Waals surface area contributed by atoms with Crippen LogP contribution in [-0.2, 0) is 0 Å². The molecule has 0 saturated heterocycles. The molecule has 3 rings (SSSR count). The van der Waals surface area contributed by atoms with E-state index in [1.54, 1.807) is 6.07 Å².